The summed E-state index contributed by atoms with van der Waals surface area (Å²) in [6.45, 7) is 3.40. The molecule has 2 heterocycles. The maximum atomic E-state index is 12.5. The molecule has 0 bridgehead atoms. The Kier molecular flexibility index (Phi) is 5.48. The van der Waals surface area contributed by atoms with Gasteiger partial charge >= 0.3 is 0 Å². The molecule has 3 rings (SSSR count). The van der Waals surface area contributed by atoms with Crippen molar-refractivity contribution in [2.75, 3.05) is 46.4 Å². The van der Waals surface area contributed by atoms with Gasteiger partial charge in [0, 0.05) is 32.7 Å². The molecular weight excluding hydrogens is 306 g/mol. The number of hydrogen-bond donors (Lipinski definition) is 1. The van der Waals surface area contributed by atoms with E-state index in [9.17, 15) is 9.59 Å². The second-order valence-electron chi connectivity index (χ2n) is 6.61. The first-order valence-electron chi connectivity index (χ1n) is 8.52. The van der Waals surface area contributed by atoms with Crippen LogP contribution in [-0.4, -0.2) is 68.1 Å². The Labute approximate surface area is 142 Å². The van der Waals surface area contributed by atoms with Crippen LogP contribution in [0, 0.1) is 5.92 Å². The Hall–Kier alpha value is -1.92. The van der Waals surface area contributed by atoms with E-state index in [1.54, 1.807) is 11.9 Å². The number of rotatable bonds is 5. The third-order valence-corrected chi connectivity index (χ3v) is 4.81. The van der Waals surface area contributed by atoms with Gasteiger partial charge in [-0.1, -0.05) is 30.3 Å². The molecule has 2 atom stereocenters. The molecule has 130 valence electrons. The van der Waals surface area contributed by atoms with Gasteiger partial charge in [-0.15, -0.1) is 0 Å². The number of likely N-dealkylation sites (N-methyl/N-ethyl adjacent to an activating group) is 1. The number of benzene rings is 1. The molecule has 2 saturated heterocycles. The summed E-state index contributed by atoms with van der Waals surface area (Å²) in [5, 5.41) is 3.16. The summed E-state index contributed by atoms with van der Waals surface area (Å²) in [6, 6.07) is 10.0. The summed E-state index contributed by atoms with van der Waals surface area (Å²) >= 11 is 0. The summed E-state index contributed by atoms with van der Waals surface area (Å²) in [5.74, 6) is 0.330. The molecule has 2 aliphatic rings. The van der Waals surface area contributed by atoms with Crippen molar-refractivity contribution < 1.29 is 14.3 Å². The van der Waals surface area contributed by atoms with Gasteiger partial charge in [0.25, 0.3) is 0 Å². The van der Waals surface area contributed by atoms with Crippen LogP contribution in [0.15, 0.2) is 30.3 Å². The molecule has 24 heavy (non-hydrogen) atoms. The minimum Gasteiger partial charge on any atom is -0.381 e. The van der Waals surface area contributed by atoms with E-state index in [2.05, 4.69) is 5.32 Å². The zero-order chi connectivity index (χ0) is 16.9. The lowest BCUT2D eigenvalue weighted by Crippen LogP contribution is -2.51. The fraction of sp³-hybridized carbons (Fsp3) is 0.556. The summed E-state index contributed by atoms with van der Waals surface area (Å²) in [4.78, 5) is 27.9. The van der Waals surface area contributed by atoms with Crippen molar-refractivity contribution in [3.05, 3.63) is 35.9 Å². The molecular formula is C18H25N3O3. The van der Waals surface area contributed by atoms with E-state index in [-0.39, 0.29) is 24.4 Å². The average molecular weight is 331 g/mol. The van der Waals surface area contributed by atoms with Crippen molar-refractivity contribution in [2.24, 2.45) is 5.92 Å². The monoisotopic (exact) mass is 331 g/mol. The summed E-state index contributed by atoms with van der Waals surface area (Å²) in [7, 11) is 1.80. The number of carbonyl (C=O) groups excluding carboxylic acids is 2. The molecule has 0 radical (unpaired) electrons. The third kappa shape index (κ3) is 4.13. The average Bonchev–Trinajstić information content (AvgIpc) is 3.11. The molecule has 2 unspecified atom stereocenters. The van der Waals surface area contributed by atoms with Crippen LogP contribution in [-0.2, 0) is 14.3 Å². The molecule has 2 aliphatic heterocycles. The SMILES string of the molecule is CN1CCN(CC(=O)NC(c2ccccc2)C2CCOC2)CC1=O. The van der Waals surface area contributed by atoms with Crippen molar-refractivity contribution in [3.8, 4) is 0 Å². The Morgan fingerprint density at radius 2 is 2.12 bits per heavy atom. The molecule has 1 aromatic rings. The lowest BCUT2D eigenvalue weighted by atomic mass is 9.92. The van der Waals surface area contributed by atoms with Gasteiger partial charge < -0.3 is 15.0 Å². The van der Waals surface area contributed by atoms with Crippen LogP contribution in [0.1, 0.15) is 18.0 Å². The Bertz CT molecular complexity index is 572. The zero-order valence-electron chi connectivity index (χ0n) is 14.1. The van der Waals surface area contributed by atoms with Crippen molar-refractivity contribution in [1.82, 2.24) is 15.1 Å². The fourth-order valence-corrected chi connectivity index (χ4v) is 3.31. The normalized spacial score (nSPS) is 23.3. The largest absolute Gasteiger partial charge is 0.381 e. The topological polar surface area (TPSA) is 61.9 Å². The highest BCUT2D eigenvalue weighted by Crippen LogP contribution is 2.28. The molecule has 0 aromatic heterocycles. The first-order chi connectivity index (χ1) is 11.6. The summed E-state index contributed by atoms with van der Waals surface area (Å²) < 4.78 is 5.51. The van der Waals surface area contributed by atoms with E-state index < -0.39 is 0 Å². The van der Waals surface area contributed by atoms with Crippen LogP contribution in [0.2, 0.25) is 0 Å². The van der Waals surface area contributed by atoms with Gasteiger partial charge in [-0.25, -0.2) is 0 Å². The zero-order valence-corrected chi connectivity index (χ0v) is 14.1. The van der Waals surface area contributed by atoms with Crippen molar-refractivity contribution in [2.45, 2.75) is 12.5 Å². The molecule has 2 fully saturated rings. The van der Waals surface area contributed by atoms with Crippen LogP contribution in [0.4, 0.5) is 0 Å². The van der Waals surface area contributed by atoms with E-state index in [0.29, 0.717) is 25.6 Å². The lowest BCUT2D eigenvalue weighted by Gasteiger charge is -2.32. The van der Waals surface area contributed by atoms with Gasteiger partial charge in [-0.3, -0.25) is 14.5 Å². The number of ether oxygens (including phenoxy) is 1. The van der Waals surface area contributed by atoms with Crippen LogP contribution in [0.3, 0.4) is 0 Å². The Morgan fingerprint density at radius 3 is 2.79 bits per heavy atom. The van der Waals surface area contributed by atoms with Crippen molar-refractivity contribution in [3.63, 3.8) is 0 Å². The van der Waals surface area contributed by atoms with Gasteiger partial charge in [0.05, 0.1) is 25.7 Å². The molecule has 6 heteroatoms. The van der Waals surface area contributed by atoms with Gasteiger partial charge in [-0.05, 0) is 12.0 Å². The summed E-state index contributed by atoms with van der Waals surface area (Å²) in [6.07, 6.45) is 0.951. The van der Waals surface area contributed by atoms with E-state index in [4.69, 9.17) is 4.74 Å². The molecule has 1 aromatic carbocycles. The molecule has 1 N–H and O–H groups in total. The van der Waals surface area contributed by atoms with Crippen LogP contribution in [0.25, 0.3) is 0 Å². The quantitative estimate of drug-likeness (QED) is 0.861. The number of amides is 2. The number of nitrogens with zero attached hydrogens (tertiary/aromatic N) is 2. The molecule has 6 nitrogen and oxygen atoms in total. The number of nitrogens with one attached hydrogen (secondary N) is 1. The highest BCUT2D eigenvalue weighted by Gasteiger charge is 2.29. The Balaban J connectivity index is 1.62. The molecule has 0 aliphatic carbocycles. The van der Waals surface area contributed by atoms with Gasteiger partial charge in [-0.2, -0.15) is 0 Å². The van der Waals surface area contributed by atoms with Gasteiger partial charge in [0.2, 0.25) is 11.8 Å². The minimum absolute atomic E-state index is 0.0342. The summed E-state index contributed by atoms with van der Waals surface area (Å²) in [5.41, 5.74) is 1.11. The first-order valence-corrected chi connectivity index (χ1v) is 8.52. The van der Waals surface area contributed by atoms with Gasteiger partial charge in [0.15, 0.2) is 0 Å². The van der Waals surface area contributed by atoms with Crippen LogP contribution >= 0.6 is 0 Å². The predicted molar refractivity (Wildman–Crippen MR) is 90.3 cm³/mol. The first kappa shape index (κ1) is 16.9. The standard InChI is InChI=1S/C18H25N3O3/c1-20-8-9-21(12-17(20)23)11-16(22)19-18(15-7-10-24-13-15)14-5-3-2-4-6-14/h2-6,15,18H,7-13H2,1H3,(H,19,22). The van der Waals surface area contributed by atoms with Crippen LogP contribution in [0.5, 0.6) is 0 Å². The number of piperazine rings is 1. The van der Waals surface area contributed by atoms with Crippen molar-refractivity contribution in [1.29, 1.82) is 0 Å². The minimum atomic E-state index is -0.0376. The highest BCUT2D eigenvalue weighted by atomic mass is 16.5. The highest BCUT2D eigenvalue weighted by molar-refractivity contribution is 5.82. The molecule has 2 amide bonds. The number of carbonyl (C=O) groups is 2. The van der Waals surface area contributed by atoms with E-state index in [1.165, 1.54) is 0 Å². The molecule has 0 spiro atoms. The predicted octanol–water partition coefficient (Wildman–Crippen LogP) is 0.654. The van der Waals surface area contributed by atoms with Crippen LogP contribution < -0.4 is 5.32 Å². The maximum Gasteiger partial charge on any atom is 0.236 e. The lowest BCUT2D eigenvalue weighted by molar-refractivity contribution is -0.135. The fourth-order valence-electron chi connectivity index (χ4n) is 3.31. The van der Waals surface area contributed by atoms with E-state index >= 15 is 0 Å². The Morgan fingerprint density at radius 1 is 1.33 bits per heavy atom. The maximum absolute atomic E-state index is 12.5. The van der Waals surface area contributed by atoms with E-state index in [1.807, 2.05) is 35.2 Å². The molecule has 0 saturated carbocycles. The third-order valence-electron chi connectivity index (χ3n) is 4.81. The van der Waals surface area contributed by atoms with Crippen molar-refractivity contribution >= 4 is 11.8 Å². The smallest absolute Gasteiger partial charge is 0.236 e. The second kappa shape index (κ2) is 7.77. The second-order valence-corrected chi connectivity index (χ2v) is 6.61. The number of hydrogen-bond acceptors (Lipinski definition) is 4. The van der Waals surface area contributed by atoms with E-state index in [0.717, 1.165) is 25.1 Å². The van der Waals surface area contributed by atoms with Gasteiger partial charge in [0.1, 0.15) is 0 Å².